The van der Waals surface area contributed by atoms with Crippen molar-refractivity contribution < 1.29 is 0 Å². The van der Waals surface area contributed by atoms with Crippen molar-refractivity contribution in [3.63, 3.8) is 0 Å². The van der Waals surface area contributed by atoms with E-state index in [-0.39, 0.29) is 0 Å². The van der Waals surface area contributed by atoms with Gasteiger partial charge in [0.1, 0.15) is 0 Å². The van der Waals surface area contributed by atoms with Gasteiger partial charge < -0.3 is 10.2 Å². The van der Waals surface area contributed by atoms with E-state index in [1.807, 2.05) is 0 Å². The number of piperazine rings is 1. The highest BCUT2D eigenvalue weighted by Gasteiger charge is 2.11. The number of rotatable bonds is 5. The summed E-state index contributed by atoms with van der Waals surface area (Å²) in [6.45, 7) is 10.8. The molecule has 0 bridgehead atoms. The first-order valence-electron chi connectivity index (χ1n) is 5.79. The third-order valence-corrected chi connectivity index (χ3v) is 3.22. The Kier molecular flexibility index (Phi) is 5.40. The first-order valence-corrected chi connectivity index (χ1v) is 5.79. The van der Waals surface area contributed by atoms with Crippen LogP contribution in [0.5, 0.6) is 0 Å². The van der Waals surface area contributed by atoms with Crippen LogP contribution in [0.25, 0.3) is 0 Å². The Morgan fingerprint density at radius 2 is 1.77 bits per heavy atom. The topological polar surface area (TPSA) is 15.3 Å². The van der Waals surface area contributed by atoms with Crippen LogP contribution in [0.4, 0.5) is 0 Å². The van der Waals surface area contributed by atoms with Gasteiger partial charge in [0.05, 0.1) is 0 Å². The van der Waals surface area contributed by atoms with Crippen molar-refractivity contribution in [1.82, 2.24) is 10.2 Å². The highest BCUT2D eigenvalue weighted by Crippen LogP contribution is 2.13. The monoisotopic (exact) mass is 184 g/mol. The lowest BCUT2D eigenvalue weighted by Crippen LogP contribution is -2.44. The van der Waals surface area contributed by atoms with Crippen LogP contribution < -0.4 is 5.32 Å². The van der Waals surface area contributed by atoms with E-state index in [2.05, 4.69) is 24.1 Å². The van der Waals surface area contributed by atoms with Crippen LogP contribution >= 0.6 is 0 Å². The standard InChI is InChI=1S/C11H24N2/c1-3-11(4-2)5-8-13-9-6-12-7-10-13/h11-12H,3-10H2,1-2H3. The molecule has 0 aliphatic carbocycles. The van der Waals surface area contributed by atoms with Crippen LogP contribution in [-0.2, 0) is 0 Å². The highest BCUT2D eigenvalue weighted by atomic mass is 15.2. The number of nitrogens with zero attached hydrogens (tertiary/aromatic N) is 1. The van der Waals surface area contributed by atoms with E-state index in [0.29, 0.717) is 0 Å². The van der Waals surface area contributed by atoms with E-state index in [4.69, 9.17) is 0 Å². The largest absolute Gasteiger partial charge is 0.314 e. The number of hydrogen-bond donors (Lipinski definition) is 1. The molecule has 0 saturated carbocycles. The second kappa shape index (κ2) is 6.39. The zero-order valence-corrected chi connectivity index (χ0v) is 9.18. The fourth-order valence-electron chi connectivity index (χ4n) is 2.00. The lowest BCUT2D eigenvalue weighted by Gasteiger charge is -2.28. The first kappa shape index (κ1) is 11.0. The van der Waals surface area contributed by atoms with Crippen LogP contribution in [0.3, 0.4) is 0 Å². The van der Waals surface area contributed by atoms with Gasteiger partial charge in [0.2, 0.25) is 0 Å². The van der Waals surface area contributed by atoms with Crippen molar-refractivity contribution in [2.45, 2.75) is 33.1 Å². The third kappa shape index (κ3) is 4.10. The van der Waals surface area contributed by atoms with E-state index < -0.39 is 0 Å². The maximum absolute atomic E-state index is 3.39. The second-order valence-electron chi connectivity index (χ2n) is 4.06. The molecule has 1 aliphatic rings. The molecule has 0 amide bonds. The molecule has 1 aliphatic heterocycles. The minimum atomic E-state index is 0.954. The third-order valence-electron chi connectivity index (χ3n) is 3.22. The van der Waals surface area contributed by atoms with E-state index in [1.165, 1.54) is 52.0 Å². The average Bonchev–Trinajstić information content (AvgIpc) is 2.21. The SMILES string of the molecule is CCC(CC)CCN1CCNCC1. The average molecular weight is 184 g/mol. The fraction of sp³-hybridized carbons (Fsp3) is 1.00. The Balaban J connectivity index is 2.09. The summed E-state index contributed by atoms with van der Waals surface area (Å²) in [6, 6.07) is 0. The van der Waals surface area contributed by atoms with Crippen LogP contribution in [0.2, 0.25) is 0 Å². The Bertz CT molecular complexity index is 115. The molecule has 1 rings (SSSR count). The predicted octanol–water partition coefficient (Wildman–Crippen LogP) is 1.72. The molecule has 2 heteroatoms. The highest BCUT2D eigenvalue weighted by molar-refractivity contribution is 4.68. The summed E-state index contributed by atoms with van der Waals surface area (Å²) in [5, 5.41) is 3.39. The minimum absolute atomic E-state index is 0.954. The summed E-state index contributed by atoms with van der Waals surface area (Å²) in [6.07, 6.45) is 4.10. The maximum Gasteiger partial charge on any atom is 0.0107 e. The van der Waals surface area contributed by atoms with Gasteiger partial charge in [-0.15, -0.1) is 0 Å². The van der Waals surface area contributed by atoms with Gasteiger partial charge in [0.15, 0.2) is 0 Å². The minimum Gasteiger partial charge on any atom is -0.314 e. The molecule has 1 N–H and O–H groups in total. The Hall–Kier alpha value is -0.0800. The molecular weight excluding hydrogens is 160 g/mol. The van der Waals surface area contributed by atoms with Crippen molar-refractivity contribution >= 4 is 0 Å². The molecule has 1 fully saturated rings. The van der Waals surface area contributed by atoms with Gasteiger partial charge in [-0.3, -0.25) is 0 Å². The van der Waals surface area contributed by atoms with Crippen molar-refractivity contribution in [1.29, 1.82) is 0 Å². The van der Waals surface area contributed by atoms with Crippen LogP contribution in [0.15, 0.2) is 0 Å². The van der Waals surface area contributed by atoms with Crippen LogP contribution in [0, 0.1) is 5.92 Å². The van der Waals surface area contributed by atoms with Gasteiger partial charge in [-0.2, -0.15) is 0 Å². The van der Waals surface area contributed by atoms with Gasteiger partial charge in [-0.25, -0.2) is 0 Å². The summed E-state index contributed by atoms with van der Waals surface area (Å²) < 4.78 is 0. The summed E-state index contributed by atoms with van der Waals surface area (Å²) in [7, 11) is 0. The van der Waals surface area contributed by atoms with Crippen molar-refractivity contribution in [2.24, 2.45) is 5.92 Å². The molecule has 0 atom stereocenters. The molecular formula is C11H24N2. The second-order valence-corrected chi connectivity index (χ2v) is 4.06. The van der Waals surface area contributed by atoms with Gasteiger partial charge in [0, 0.05) is 26.2 Å². The maximum atomic E-state index is 3.39. The van der Waals surface area contributed by atoms with Gasteiger partial charge in [0.25, 0.3) is 0 Å². The van der Waals surface area contributed by atoms with E-state index in [9.17, 15) is 0 Å². The molecule has 2 nitrogen and oxygen atoms in total. The first-order chi connectivity index (χ1) is 6.36. The van der Waals surface area contributed by atoms with Crippen molar-refractivity contribution in [3.8, 4) is 0 Å². The van der Waals surface area contributed by atoms with Gasteiger partial charge in [-0.1, -0.05) is 26.7 Å². The molecule has 13 heavy (non-hydrogen) atoms. The zero-order chi connectivity index (χ0) is 9.52. The molecule has 0 unspecified atom stereocenters. The Labute approximate surface area is 82.7 Å². The lowest BCUT2D eigenvalue weighted by atomic mass is 9.99. The molecule has 0 aromatic heterocycles. The zero-order valence-electron chi connectivity index (χ0n) is 9.18. The molecule has 1 saturated heterocycles. The molecule has 78 valence electrons. The van der Waals surface area contributed by atoms with Crippen molar-refractivity contribution in [2.75, 3.05) is 32.7 Å². The Morgan fingerprint density at radius 1 is 1.15 bits per heavy atom. The lowest BCUT2D eigenvalue weighted by molar-refractivity contribution is 0.221. The van der Waals surface area contributed by atoms with E-state index in [1.54, 1.807) is 0 Å². The summed E-state index contributed by atoms with van der Waals surface area (Å²) in [5.41, 5.74) is 0. The van der Waals surface area contributed by atoms with Crippen molar-refractivity contribution in [3.05, 3.63) is 0 Å². The van der Waals surface area contributed by atoms with E-state index in [0.717, 1.165) is 5.92 Å². The molecule has 0 radical (unpaired) electrons. The fourth-order valence-corrected chi connectivity index (χ4v) is 2.00. The number of nitrogens with one attached hydrogen (secondary N) is 1. The summed E-state index contributed by atoms with van der Waals surface area (Å²) in [5.74, 6) is 0.954. The molecule has 1 heterocycles. The van der Waals surface area contributed by atoms with Gasteiger partial charge in [-0.05, 0) is 18.9 Å². The normalized spacial score (nSPS) is 19.6. The smallest absolute Gasteiger partial charge is 0.0107 e. The van der Waals surface area contributed by atoms with E-state index >= 15 is 0 Å². The van der Waals surface area contributed by atoms with Crippen LogP contribution in [-0.4, -0.2) is 37.6 Å². The molecule has 0 aromatic carbocycles. The summed E-state index contributed by atoms with van der Waals surface area (Å²) >= 11 is 0. The number of hydrogen-bond acceptors (Lipinski definition) is 2. The Morgan fingerprint density at radius 3 is 2.31 bits per heavy atom. The quantitative estimate of drug-likeness (QED) is 0.700. The molecule has 0 spiro atoms. The summed E-state index contributed by atoms with van der Waals surface area (Å²) in [4.78, 5) is 2.59. The molecule has 0 aromatic rings. The predicted molar refractivity (Wildman–Crippen MR) is 58.0 cm³/mol. The van der Waals surface area contributed by atoms with Gasteiger partial charge >= 0.3 is 0 Å². The van der Waals surface area contributed by atoms with Crippen LogP contribution in [0.1, 0.15) is 33.1 Å².